The van der Waals surface area contributed by atoms with Crippen LogP contribution in [0.25, 0.3) is 0 Å². The number of carbonyl (C=O) groups excluding carboxylic acids is 1. The van der Waals surface area contributed by atoms with Crippen molar-refractivity contribution in [2.75, 3.05) is 6.54 Å². The summed E-state index contributed by atoms with van der Waals surface area (Å²) in [5, 5.41) is 6.50. The highest BCUT2D eigenvalue weighted by Crippen LogP contribution is 2.25. The highest BCUT2D eigenvalue weighted by molar-refractivity contribution is 9.10. The molecule has 2 rings (SSSR count). The minimum Gasteiger partial charge on any atom is -0.348 e. The molecule has 2 N–H and O–H groups in total. The Morgan fingerprint density at radius 3 is 2.68 bits per heavy atom. The summed E-state index contributed by atoms with van der Waals surface area (Å²) in [5.74, 6) is 0.128. The van der Waals surface area contributed by atoms with Crippen molar-refractivity contribution < 1.29 is 4.79 Å². The molecule has 1 aromatic rings. The van der Waals surface area contributed by atoms with Gasteiger partial charge in [0, 0.05) is 4.47 Å². The first-order valence-electron chi connectivity index (χ1n) is 6.89. The summed E-state index contributed by atoms with van der Waals surface area (Å²) >= 11 is 3.42. The molecule has 0 aliphatic carbocycles. The van der Waals surface area contributed by atoms with Gasteiger partial charge in [-0.2, -0.15) is 0 Å². The molecule has 1 saturated heterocycles. The van der Waals surface area contributed by atoms with Gasteiger partial charge in [0.1, 0.15) is 0 Å². The van der Waals surface area contributed by atoms with Crippen LogP contribution in [-0.2, 0) is 4.79 Å². The second kappa shape index (κ2) is 6.06. The molecule has 2 unspecified atom stereocenters. The third kappa shape index (κ3) is 3.18. The fraction of sp³-hybridized carbons (Fsp3) is 0.533. The van der Waals surface area contributed by atoms with E-state index in [1.54, 1.807) is 0 Å². The van der Waals surface area contributed by atoms with E-state index in [2.05, 4.69) is 33.5 Å². The molecule has 1 fully saturated rings. The molecule has 0 radical (unpaired) electrons. The summed E-state index contributed by atoms with van der Waals surface area (Å²) in [5.41, 5.74) is 0.768. The van der Waals surface area contributed by atoms with E-state index in [0.717, 1.165) is 35.8 Å². The van der Waals surface area contributed by atoms with Gasteiger partial charge in [0.2, 0.25) is 5.91 Å². The normalized spacial score (nSPS) is 24.2. The first kappa shape index (κ1) is 14.5. The van der Waals surface area contributed by atoms with Crippen molar-refractivity contribution in [2.45, 2.75) is 44.7 Å². The van der Waals surface area contributed by atoms with Gasteiger partial charge < -0.3 is 10.6 Å². The fourth-order valence-electron chi connectivity index (χ4n) is 2.63. The van der Waals surface area contributed by atoms with Crippen molar-refractivity contribution >= 4 is 21.8 Å². The molecule has 1 aliphatic rings. The molecule has 19 heavy (non-hydrogen) atoms. The van der Waals surface area contributed by atoms with E-state index in [9.17, 15) is 4.79 Å². The number of hydrogen-bond donors (Lipinski definition) is 2. The second-order valence-electron chi connectivity index (χ2n) is 5.21. The van der Waals surface area contributed by atoms with Gasteiger partial charge in [-0.1, -0.05) is 35.0 Å². The molecule has 1 aromatic carbocycles. The Morgan fingerprint density at radius 1 is 1.47 bits per heavy atom. The van der Waals surface area contributed by atoms with Crippen molar-refractivity contribution in [1.82, 2.24) is 10.6 Å². The number of nitrogens with one attached hydrogen (secondary N) is 2. The molecular weight excluding hydrogens is 304 g/mol. The molecule has 0 saturated carbocycles. The lowest BCUT2D eigenvalue weighted by Gasteiger charge is -2.28. The van der Waals surface area contributed by atoms with Crippen LogP contribution < -0.4 is 10.6 Å². The lowest BCUT2D eigenvalue weighted by atomic mass is 9.92. The maximum Gasteiger partial charge on any atom is 0.240 e. The van der Waals surface area contributed by atoms with Crippen molar-refractivity contribution in [3.63, 3.8) is 0 Å². The largest absolute Gasteiger partial charge is 0.348 e. The van der Waals surface area contributed by atoms with Crippen LogP contribution in [0.3, 0.4) is 0 Å². The highest BCUT2D eigenvalue weighted by atomic mass is 79.9. The summed E-state index contributed by atoms with van der Waals surface area (Å²) in [6.07, 6.45) is 2.85. The quantitative estimate of drug-likeness (QED) is 0.893. The van der Waals surface area contributed by atoms with Gasteiger partial charge in [0.15, 0.2) is 0 Å². The fourth-order valence-corrected chi connectivity index (χ4v) is 2.90. The summed E-state index contributed by atoms with van der Waals surface area (Å²) in [6, 6.07) is 8.11. The molecule has 3 nitrogen and oxygen atoms in total. The lowest BCUT2D eigenvalue weighted by molar-refractivity contribution is -0.128. The van der Waals surface area contributed by atoms with Gasteiger partial charge in [0.05, 0.1) is 11.6 Å². The Morgan fingerprint density at radius 2 is 2.16 bits per heavy atom. The molecule has 0 spiro atoms. The van der Waals surface area contributed by atoms with Crippen LogP contribution in [0.2, 0.25) is 0 Å². The number of benzene rings is 1. The van der Waals surface area contributed by atoms with Crippen molar-refractivity contribution in [2.24, 2.45) is 0 Å². The summed E-state index contributed by atoms with van der Waals surface area (Å²) in [7, 11) is 0. The minimum atomic E-state index is -0.358. The van der Waals surface area contributed by atoms with E-state index < -0.39 is 0 Å². The first-order chi connectivity index (χ1) is 9.07. The zero-order chi connectivity index (χ0) is 13.9. The van der Waals surface area contributed by atoms with Crippen LogP contribution in [0.4, 0.5) is 0 Å². The number of carbonyl (C=O) groups is 1. The topological polar surface area (TPSA) is 41.1 Å². The zero-order valence-corrected chi connectivity index (χ0v) is 13.1. The average Bonchev–Trinajstić information content (AvgIpc) is 2.89. The Balaban J connectivity index is 2.04. The molecule has 0 bridgehead atoms. The second-order valence-corrected chi connectivity index (χ2v) is 6.13. The SMILES string of the molecule is CCC1(C(=O)NC(C)c2ccc(Br)cc2)CCCN1. The average molecular weight is 325 g/mol. The van der Waals surface area contributed by atoms with Gasteiger partial charge in [-0.05, 0) is 50.4 Å². The van der Waals surface area contributed by atoms with E-state index in [1.807, 2.05) is 31.2 Å². The third-order valence-corrected chi connectivity index (χ3v) is 4.53. The molecule has 0 aromatic heterocycles. The van der Waals surface area contributed by atoms with E-state index in [1.165, 1.54) is 0 Å². The lowest BCUT2D eigenvalue weighted by Crippen LogP contribution is -2.53. The van der Waals surface area contributed by atoms with E-state index >= 15 is 0 Å². The Bertz CT molecular complexity index is 438. The maximum absolute atomic E-state index is 12.5. The minimum absolute atomic E-state index is 0.0337. The number of halogens is 1. The molecule has 2 atom stereocenters. The summed E-state index contributed by atoms with van der Waals surface area (Å²) in [4.78, 5) is 12.5. The van der Waals surface area contributed by atoms with Crippen LogP contribution in [0.15, 0.2) is 28.7 Å². The monoisotopic (exact) mass is 324 g/mol. The zero-order valence-electron chi connectivity index (χ0n) is 11.5. The van der Waals surface area contributed by atoms with Gasteiger partial charge in [0.25, 0.3) is 0 Å². The third-order valence-electron chi connectivity index (χ3n) is 4.00. The highest BCUT2D eigenvalue weighted by Gasteiger charge is 2.39. The Labute approximate surface area is 123 Å². The maximum atomic E-state index is 12.5. The molecular formula is C15H21BrN2O. The molecule has 4 heteroatoms. The van der Waals surface area contributed by atoms with Gasteiger partial charge in [-0.15, -0.1) is 0 Å². The number of hydrogen-bond acceptors (Lipinski definition) is 2. The Hall–Kier alpha value is -0.870. The van der Waals surface area contributed by atoms with Crippen molar-refractivity contribution in [3.05, 3.63) is 34.3 Å². The van der Waals surface area contributed by atoms with Gasteiger partial charge >= 0.3 is 0 Å². The molecule has 104 valence electrons. The predicted octanol–water partition coefficient (Wildman–Crippen LogP) is 3.16. The van der Waals surface area contributed by atoms with E-state index in [-0.39, 0.29) is 17.5 Å². The van der Waals surface area contributed by atoms with Crippen molar-refractivity contribution in [1.29, 1.82) is 0 Å². The molecule has 1 amide bonds. The van der Waals surface area contributed by atoms with E-state index in [4.69, 9.17) is 0 Å². The summed E-state index contributed by atoms with van der Waals surface area (Å²) in [6.45, 7) is 5.04. The van der Waals surface area contributed by atoms with Crippen molar-refractivity contribution in [3.8, 4) is 0 Å². The number of amides is 1. The van der Waals surface area contributed by atoms with Gasteiger partial charge in [-0.3, -0.25) is 4.79 Å². The van der Waals surface area contributed by atoms with Crippen LogP contribution in [0.1, 0.15) is 44.7 Å². The Kier molecular flexibility index (Phi) is 4.63. The van der Waals surface area contributed by atoms with Crippen LogP contribution >= 0.6 is 15.9 Å². The molecule has 1 heterocycles. The van der Waals surface area contributed by atoms with Gasteiger partial charge in [-0.25, -0.2) is 0 Å². The number of rotatable bonds is 4. The molecule has 1 aliphatic heterocycles. The standard InChI is InChI=1S/C15H21BrN2O/c1-3-15(9-4-10-17-15)14(19)18-11(2)12-5-7-13(16)8-6-12/h5-8,11,17H,3-4,9-10H2,1-2H3,(H,18,19). The smallest absolute Gasteiger partial charge is 0.240 e. The van der Waals surface area contributed by atoms with E-state index in [0.29, 0.717) is 0 Å². The van der Waals surface area contributed by atoms with Crippen LogP contribution in [0, 0.1) is 0 Å². The van der Waals surface area contributed by atoms with Crippen LogP contribution in [-0.4, -0.2) is 18.0 Å². The predicted molar refractivity (Wildman–Crippen MR) is 81.0 cm³/mol. The first-order valence-corrected chi connectivity index (χ1v) is 7.68. The van der Waals surface area contributed by atoms with Crippen LogP contribution in [0.5, 0.6) is 0 Å². The summed E-state index contributed by atoms with van der Waals surface area (Å²) < 4.78 is 1.05.